The van der Waals surface area contributed by atoms with Gasteiger partial charge in [0.15, 0.2) is 6.10 Å². The lowest BCUT2D eigenvalue weighted by Crippen LogP contribution is -2.30. The first-order chi connectivity index (χ1) is 34.5. The fourth-order valence-corrected chi connectivity index (χ4v) is 8.98. The second-order valence-corrected chi connectivity index (χ2v) is 20.6. The highest BCUT2D eigenvalue weighted by Gasteiger charge is 2.19. The van der Waals surface area contributed by atoms with Crippen LogP contribution in [0.4, 0.5) is 0 Å². The highest BCUT2D eigenvalue weighted by Crippen LogP contribution is 2.17. The van der Waals surface area contributed by atoms with Crippen molar-refractivity contribution in [2.45, 2.75) is 329 Å². The first-order valence-corrected chi connectivity index (χ1v) is 30.6. The molecule has 0 aliphatic carbocycles. The lowest BCUT2D eigenvalue weighted by molar-refractivity contribution is -0.167. The van der Waals surface area contributed by atoms with Crippen molar-refractivity contribution < 1.29 is 28.6 Å². The van der Waals surface area contributed by atoms with Gasteiger partial charge in [-0.25, -0.2) is 0 Å². The lowest BCUT2D eigenvalue weighted by Gasteiger charge is -2.18. The Bertz CT molecular complexity index is 1220. The summed E-state index contributed by atoms with van der Waals surface area (Å²) < 4.78 is 16.9. The highest BCUT2D eigenvalue weighted by molar-refractivity contribution is 5.71. The van der Waals surface area contributed by atoms with Crippen LogP contribution in [-0.4, -0.2) is 37.2 Å². The van der Waals surface area contributed by atoms with Crippen LogP contribution in [0.3, 0.4) is 0 Å². The van der Waals surface area contributed by atoms with Gasteiger partial charge in [0.2, 0.25) is 0 Å². The van der Waals surface area contributed by atoms with Crippen LogP contribution in [0.5, 0.6) is 0 Å². The molecule has 1 atom stereocenters. The van der Waals surface area contributed by atoms with E-state index in [1.807, 2.05) is 0 Å². The van der Waals surface area contributed by atoms with Crippen LogP contribution in [0.1, 0.15) is 323 Å². The summed E-state index contributed by atoms with van der Waals surface area (Å²) in [6.07, 6.45) is 72.7. The van der Waals surface area contributed by atoms with E-state index in [0.717, 1.165) is 96.3 Å². The summed E-state index contributed by atoms with van der Waals surface area (Å²) in [4.78, 5) is 38.2. The maximum absolute atomic E-state index is 12.9. The van der Waals surface area contributed by atoms with E-state index in [1.54, 1.807) is 0 Å². The van der Waals surface area contributed by atoms with Gasteiger partial charge in [-0.3, -0.25) is 14.4 Å². The van der Waals surface area contributed by atoms with Crippen LogP contribution in [0.15, 0.2) is 48.6 Å². The van der Waals surface area contributed by atoms with Crippen LogP contribution in [0.25, 0.3) is 0 Å². The van der Waals surface area contributed by atoms with Crippen molar-refractivity contribution in [1.82, 2.24) is 0 Å². The summed E-state index contributed by atoms with van der Waals surface area (Å²) in [5.74, 6) is -0.906. The first kappa shape index (κ1) is 67.4. The Kier molecular flexibility index (Phi) is 56.7. The van der Waals surface area contributed by atoms with Gasteiger partial charge in [0, 0.05) is 19.3 Å². The monoisotopic (exact) mass is 981 g/mol. The maximum Gasteiger partial charge on any atom is 0.306 e. The third-order valence-corrected chi connectivity index (χ3v) is 13.6. The van der Waals surface area contributed by atoms with E-state index in [1.165, 1.54) is 186 Å². The molecular formula is C64H116O6. The van der Waals surface area contributed by atoms with Gasteiger partial charge in [0.05, 0.1) is 0 Å². The molecule has 6 nitrogen and oxygen atoms in total. The van der Waals surface area contributed by atoms with Crippen molar-refractivity contribution in [3.8, 4) is 0 Å². The van der Waals surface area contributed by atoms with Crippen LogP contribution < -0.4 is 0 Å². The molecule has 0 amide bonds. The normalized spacial score (nSPS) is 12.3. The predicted octanol–water partition coefficient (Wildman–Crippen LogP) is 20.6. The molecule has 0 saturated carbocycles. The molecule has 0 aromatic heterocycles. The van der Waals surface area contributed by atoms with Gasteiger partial charge in [0.25, 0.3) is 0 Å². The molecule has 0 N–H and O–H groups in total. The molecule has 6 heteroatoms. The zero-order chi connectivity index (χ0) is 50.7. The molecular weight excluding hydrogens is 865 g/mol. The Morgan fingerprint density at radius 2 is 0.557 bits per heavy atom. The third kappa shape index (κ3) is 56.3. The van der Waals surface area contributed by atoms with E-state index in [-0.39, 0.29) is 31.1 Å². The van der Waals surface area contributed by atoms with Crippen molar-refractivity contribution in [3.63, 3.8) is 0 Å². The molecule has 1 unspecified atom stereocenters. The van der Waals surface area contributed by atoms with Gasteiger partial charge >= 0.3 is 17.9 Å². The van der Waals surface area contributed by atoms with E-state index in [9.17, 15) is 14.4 Å². The fourth-order valence-electron chi connectivity index (χ4n) is 8.98. The minimum absolute atomic E-state index is 0.0827. The number of carbonyl (C=O) groups is 3. The smallest absolute Gasteiger partial charge is 0.306 e. The Labute approximate surface area is 435 Å². The van der Waals surface area contributed by atoms with Crippen molar-refractivity contribution in [1.29, 1.82) is 0 Å². The second-order valence-electron chi connectivity index (χ2n) is 20.6. The zero-order valence-corrected chi connectivity index (χ0v) is 46.8. The number of unbranched alkanes of at least 4 members (excludes halogenated alkanes) is 37. The van der Waals surface area contributed by atoms with E-state index in [4.69, 9.17) is 14.2 Å². The second kappa shape index (κ2) is 58.9. The van der Waals surface area contributed by atoms with Gasteiger partial charge < -0.3 is 14.2 Å². The number of ether oxygens (including phenoxy) is 3. The predicted molar refractivity (Wildman–Crippen MR) is 302 cm³/mol. The van der Waals surface area contributed by atoms with Gasteiger partial charge in [-0.15, -0.1) is 0 Å². The minimum Gasteiger partial charge on any atom is -0.462 e. The average Bonchev–Trinajstić information content (AvgIpc) is 3.36. The Morgan fingerprint density at radius 3 is 0.900 bits per heavy atom. The Balaban J connectivity index is 4.26. The van der Waals surface area contributed by atoms with E-state index in [2.05, 4.69) is 69.4 Å². The Hall–Kier alpha value is -2.63. The molecule has 0 fully saturated rings. The molecule has 0 heterocycles. The minimum atomic E-state index is -0.787. The number of carbonyl (C=O) groups excluding carboxylic acids is 3. The SMILES string of the molecule is CC/C=C\C/C=C\C/C=C\CCCCCC(=O)OCC(COC(=O)CCCCCCCCCCCCCCCCCCCCCCCCCC)OC(=O)CCCCCCC/C=C\CCCCCCCC. The molecule has 0 aromatic rings. The summed E-state index contributed by atoms with van der Waals surface area (Å²) in [5, 5.41) is 0. The molecule has 0 aliphatic heterocycles. The summed E-state index contributed by atoms with van der Waals surface area (Å²) in [6, 6.07) is 0. The number of hydrogen-bond donors (Lipinski definition) is 0. The van der Waals surface area contributed by atoms with Gasteiger partial charge in [-0.05, 0) is 77.0 Å². The molecule has 0 radical (unpaired) electrons. The molecule has 0 rings (SSSR count). The van der Waals surface area contributed by atoms with E-state index in [0.29, 0.717) is 19.3 Å². The Morgan fingerprint density at radius 1 is 0.300 bits per heavy atom. The van der Waals surface area contributed by atoms with Crippen LogP contribution >= 0.6 is 0 Å². The van der Waals surface area contributed by atoms with Crippen molar-refractivity contribution in [2.75, 3.05) is 13.2 Å². The van der Waals surface area contributed by atoms with Gasteiger partial charge in [0.1, 0.15) is 13.2 Å². The van der Waals surface area contributed by atoms with Crippen molar-refractivity contribution in [3.05, 3.63) is 48.6 Å². The van der Waals surface area contributed by atoms with Gasteiger partial charge in [-0.1, -0.05) is 275 Å². The van der Waals surface area contributed by atoms with Crippen molar-refractivity contribution >= 4 is 17.9 Å². The zero-order valence-electron chi connectivity index (χ0n) is 46.8. The van der Waals surface area contributed by atoms with Crippen LogP contribution in [0, 0.1) is 0 Å². The summed E-state index contributed by atoms with van der Waals surface area (Å²) in [5.41, 5.74) is 0. The molecule has 70 heavy (non-hydrogen) atoms. The number of esters is 3. The molecule has 0 aromatic carbocycles. The van der Waals surface area contributed by atoms with E-state index < -0.39 is 6.10 Å². The van der Waals surface area contributed by atoms with E-state index >= 15 is 0 Å². The highest BCUT2D eigenvalue weighted by atomic mass is 16.6. The van der Waals surface area contributed by atoms with Crippen LogP contribution in [0.2, 0.25) is 0 Å². The quantitative estimate of drug-likeness (QED) is 0.0261. The van der Waals surface area contributed by atoms with Crippen molar-refractivity contribution in [2.24, 2.45) is 0 Å². The molecule has 0 bridgehead atoms. The standard InChI is InChI=1S/C64H116O6/c1-4-7-10-13-16-19-22-25-27-28-29-30-31-32-33-34-35-37-39-42-45-48-51-54-57-63(66)69-60-61(59-68-62(65)56-53-50-47-44-41-38-24-21-18-15-12-9-6-3)70-64(67)58-55-52-49-46-43-40-36-26-23-20-17-14-11-8-5-2/h9,12,18,21,26,36,38,41,61H,4-8,10-11,13-17,19-20,22-25,27-35,37,39-40,42-60H2,1-3H3/b12-9-,21-18-,36-26-,41-38-. The largest absolute Gasteiger partial charge is 0.462 e. The first-order valence-electron chi connectivity index (χ1n) is 30.6. The lowest BCUT2D eigenvalue weighted by atomic mass is 10.0. The fraction of sp³-hybridized carbons (Fsp3) is 0.828. The number of hydrogen-bond acceptors (Lipinski definition) is 6. The summed E-state index contributed by atoms with van der Waals surface area (Å²) >= 11 is 0. The molecule has 0 saturated heterocycles. The molecule has 0 aliphatic rings. The molecule has 408 valence electrons. The number of rotatable bonds is 56. The third-order valence-electron chi connectivity index (χ3n) is 13.6. The molecule has 0 spiro atoms. The maximum atomic E-state index is 12.9. The summed E-state index contributed by atoms with van der Waals surface area (Å²) in [7, 11) is 0. The topological polar surface area (TPSA) is 78.9 Å². The number of allylic oxidation sites excluding steroid dienone is 8. The summed E-state index contributed by atoms with van der Waals surface area (Å²) in [6.45, 7) is 6.53. The van der Waals surface area contributed by atoms with Crippen LogP contribution in [-0.2, 0) is 28.6 Å². The van der Waals surface area contributed by atoms with Gasteiger partial charge in [-0.2, -0.15) is 0 Å². The average molecular weight is 982 g/mol.